The maximum Gasteiger partial charge on any atom is 0.118 e. The Balaban J connectivity index is 2.13. The standard InChI is InChI=1S/C21H20O/c1-15-8-13-19(16(2)14-15)21-7-5-4-6-20(21)17-9-11-18(22-3)12-10-17/h4-14H,1-3H3. The van der Waals surface area contributed by atoms with Gasteiger partial charge in [-0.2, -0.15) is 0 Å². The molecule has 0 heterocycles. The van der Waals surface area contributed by atoms with Gasteiger partial charge in [-0.3, -0.25) is 0 Å². The minimum atomic E-state index is 0.882. The molecule has 0 unspecified atom stereocenters. The quantitative estimate of drug-likeness (QED) is 0.605. The van der Waals surface area contributed by atoms with E-state index >= 15 is 0 Å². The van der Waals surface area contributed by atoms with Crippen molar-refractivity contribution in [3.8, 4) is 28.0 Å². The van der Waals surface area contributed by atoms with Crippen molar-refractivity contribution in [3.63, 3.8) is 0 Å². The second-order valence-corrected chi connectivity index (χ2v) is 5.59. The lowest BCUT2D eigenvalue weighted by Crippen LogP contribution is -1.89. The van der Waals surface area contributed by atoms with E-state index in [4.69, 9.17) is 4.74 Å². The van der Waals surface area contributed by atoms with E-state index in [1.54, 1.807) is 7.11 Å². The van der Waals surface area contributed by atoms with Gasteiger partial charge in [0.15, 0.2) is 0 Å². The van der Waals surface area contributed by atoms with Gasteiger partial charge < -0.3 is 4.74 Å². The van der Waals surface area contributed by atoms with Crippen LogP contribution in [0.4, 0.5) is 0 Å². The van der Waals surface area contributed by atoms with Crippen LogP contribution in [0.25, 0.3) is 22.3 Å². The number of hydrogen-bond acceptors (Lipinski definition) is 1. The predicted molar refractivity (Wildman–Crippen MR) is 93.3 cm³/mol. The van der Waals surface area contributed by atoms with E-state index < -0.39 is 0 Å². The van der Waals surface area contributed by atoms with Crippen molar-refractivity contribution in [1.29, 1.82) is 0 Å². The minimum absolute atomic E-state index is 0.882. The van der Waals surface area contributed by atoms with Gasteiger partial charge in [0.2, 0.25) is 0 Å². The van der Waals surface area contributed by atoms with Gasteiger partial charge in [-0.1, -0.05) is 60.2 Å². The molecule has 110 valence electrons. The van der Waals surface area contributed by atoms with Gasteiger partial charge in [-0.25, -0.2) is 0 Å². The first-order valence-electron chi connectivity index (χ1n) is 7.50. The summed E-state index contributed by atoms with van der Waals surface area (Å²) in [6.45, 7) is 4.30. The Bertz CT molecular complexity index is 785. The molecule has 0 radical (unpaired) electrons. The first kappa shape index (κ1) is 14.4. The molecule has 1 nitrogen and oxygen atoms in total. The molecule has 0 fully saturated rings. The summed E-state index contributed by atoms with van der Waals surface area (Å²) in [6.07, 6.45) is 0. The number of aryl methyl sites for hydroxylation is 2. The lowest BCUT2D eigenvalue weighted by Gasteiger charge is -2.13. The fraction of sp³-hybridized carbons (Fsp3) is 0.143. The molecule has 0 N–H and O–H groups in total. The van der Waals surface area contributed by atoms with Crippen LogP contribution in [-0.2, 0) is 0 Å². The predicted octanol–water partition coefficient (Wildman–Crippen LogP) is 5.65. The Hall–Kier alpha value is -2.54. The molecule has 0 aliphatic heterocycles. The Labute approximate surface area is 132 Å². The molecular formula is C21H20O. The van der Waals surface area contributed by atoms with Gasteiger partial charge in [0.25, 0.3) is 0 Å². The average Bonchev–Trinajstić information content (AvgIpc) is 2.55. The summed E-state index contributed by atoms with van der Waals surface area (Å²) in [5, 5.41) is 0. The van der Waals surface area contributed by atoms with Crippen molar-refractivity contribution >= 4 is 0 Å². The SMILES string of the molecule is COc1ccc(-c2ccccc2-c2ccc(C)cc2C)cc1. The highest BCUT2D eigenvalue weighted by Gasteiger charge is 2.09. The van der Waals surface area contributed by atoms with Crippen molar-refractivity contribution in [2.75, 3.05) is 7.11 Å². The number of hydrogen-bond donors (Lipinski definition) is 0. The van der Waals surface area contributed by atoms with Gasteiger partial charge in [0.05, 0.1) is 7.11 Å². The molecule has 0 aliphatic carbocycles. The smallest absolute Gasteiger partial charge is 0.118 e. The minimum Gasteiger partial charge on any atom is -0.497 e. The Morgan fingerprint density at radius 2 is 1.36 bits per heavy atom. The van der Waals surface area contributed by atoms with Crippen LogP contribution in [0.1, 0.15) is 11.1 Å². The lowest BCUT2D eigenvalue weighted by molar-refractivity contribution is 0.415. The van der Waals surface area contributed by atoms with Crippen LogP contribution in [0.2, 0.25) is 0 Å². The fourth-order valence-electron chi connectivity index (χ4n) is 2.86. The van der Waals surface area contributed by atoms with Crippen LogP contribution in [0.5, 0.6) is 5.75 Å². The van der Waals surface area contributed by atoms with Gasteiger partial charge in [0.1, 0.15) is 5.75 Å². The van der Waals surface area contributed by atoms with Crippen LogP contribution in [0.3, 0.4) is 0 Å². The normalized spacial score (nSPS) is 10.5. The monoisotopic (exact) mass is 288 g/mol. The maximum absolute atomic E-state index is 5.25. The van der Waals surface area contributed by atoms with Crippen LogP contribution in [-0.4, -0.2) is 7.11 Å². The largest absolute Gasteiger partial charge is 0.497 e. The summed E-state index contributed by atoms with van der Waals surface area (Å²) in [7, 11) is 1.69. The zero-order valence-electron chi connectivity index (χ0n) is 13.3. The Morgan fingerprint density at radius 3 is 2.00 bits per heavy atom. The van der Waals surface area contributed by atoms with E-state index in [1.807, 2.05) is 12.1 Å². The summed E-state index contributed by atoms with van der Waals surface area (Å²) in [5.41, 5.74) is 7.61. The van der Waals surface area contributed by atoms with E-state index in [2.05, 4.69) is 68.4 Å². The molecular weight excluding hydrogens is 268 g/mol. The second-order valence-electron chi connectivity index (χ2n) is 5.59. The van der Waals surface area contributed by atoms with Gasteiger partial charge in [-0.15, -0.1) is 0 Å². The molecule has 3 aromatic carbocycles. The molecule has 0 bridgehead atoms. The molecule has 3 rings (SSSR count). The summed E-state index contributed by atoms with van der Waals surface area (Å²) in [5.74, 6) is 0.882. The highest BCUT2D eigenvalue weighted by Crippen LogP contribution is 2.34. The fourth-order valence-corrected chi connectivity index (χ4v) is 2.86. The summed E-state index contributed by atoms with van der Waals surface area (Å²) >= 11 is 0. The number of ether oxygens (including phenoxy) is 1. The molecule has 0 aliphatic rings. The van der Waals surface area contributed by atoms with Crippen LogP contribution < -0.4 is 4.74 Å². The zero-order valence-corrected chi connectivity index (χ0v) is 13.3. The molecule has 1 heteroatoms. The second kappa shape index (κ2) is 6.07. The third kappa shape index (κ3) is 2.75. The maximum atomic E-state index is 5.25. The third-order valence-electron chi connectivity index (χ3n) is 4.00. The molecule has 0 saturated heterocycles. The zero-order chi connectivity index (χ0) is 15.5. The van der Waals surface area contributed by atoms with E-state index in [1.165, 1.54) is 33.4 Å². The average molecular weight is 288 g/mol. The first-order valence-corrected chi connectivity index (χ1v) is 7.50. The highest BCUT2D eigenvalue weighted by atomic mass is 16.5. The van der Waals surface area contributed by atoms with E-state index in [0.717, 1.165) is 5.75 Å². The summed E-state index contributed by atoms with van der Waals surface area (Å²) in [6, 6.07) is 23.4. The van der Waals surface area contributed by atoms with E-state index in [9.17, 15) is 0 Å². The van der Waals surface area contributed by atoms with Gasteiger partial charge in [0, 0.05) is 0 Å². The first-order chi connectivity index (χ1) is 10.7. The van der Waals surface area contributed by atoms with Gasteiger partial charge in [-0.05, 0) is 53.8 Å². The Kier molecular flexibility index (Phi) is 3.97. The molecule has 0 atom stereocenters. The molecule has 0 spiro atoms. The molecule has 0 saturated carbocycles. The highest BCUT2D eigenvalue weighted by molar-refractivity contribution is 5.84. The molecule has 0 amide bonds. The number of methoxy groups -OCH3 is 1. The van der Waals surface area contributed by atoms with Crippen molar-refractivity contribution < 1.29 is 4.74 Å². The summed E-state index contributed by atoms with van der Waals surface area (Å²) in [4.78, 5) is 0. The Morgan fingerprint density at radius 1 is 0.682 bits per heavy atom. The van der Waals surface area contributed by atoms with Crippen molar-refractivity contribution in [2.24, 2.45) is 0 Å². The number of benzene rings is 3. The van der Waals surface area contributed by atoms with Crippen LogP contribution in [0, 0.1) is 13.8 Å². The van der Waals surface area contributed by atoms with E-state index in [0.29, 0.717) is 0 Å². The van der Waals surface area contributed by atoms with Crippen LogP contribution >= 0.6 is 0 Å². The molecule has 0 aromatic heterocycles. The van der Waals surface area contributed by atoms with Crippen molar-refractivity contribution in [3.05, 3.63) is 77.9 Å². The van der Waals surface area contributed by atoms with Crippen molar-refractivity contribution in [2.45, 2.75) is 13.8 Å². The summed E-state index contributed by atoms with van der Waals surface area (Å²) < 4.78 is 5.25. The third-order valence-corrected chi connectivity index (χ3v) is 4.00. The van der Waals surface area contributed by atoms with Crippen molar-refractivity contribution in [1.82, 2.24) is 0 Å². The molecule has 22 heavy (non-hydrogen) atoms. The van der Waals surface area contributed by atoms with Gasteiger partial charge >= 0.3 is 0 Å². The molecule has 3 aromatic rings. The van der Waals surface area contributed by atoms with E-state index in [-0.39, 0.29) is 0 Å². The van der Waals surface area contributed by atoms with Crippen LogP contribution in [0.15, 0.2) is 66.7 Å². The number of rotatable bonds is 3. The lowest BCUT2D eigenvalue weighted by atomic mass is 9.91. The topological polar surface area (TPSA) is 9.23 Å².